The lowest BCUT2D eigenvalue weighted by Gasteiger charge is -2.21. The molecule has 32 heavy (non-hydrogen) atoms. The third-order valence-corrected chi connectivity index (χ3v) is 6.77. The summed E-state index contributed by atoms with van der Waals surface area (Å²) in [5.41, 5.74) is 3.20. The van der Waals surface area contributed by atoms with Crippen LogP contribution in [-0.2, 0) is 21.2 Å². The van der Waals surface area contributed by atoms with Crippen molar-refractivity contribution in [3.63, 3.8) is 0 Å². The van der Waals surface area contributed by atoms with Crippen molar-refractivity contribution in [1.82, 2.24) is 9.73 Å². The highest BCUT2D eigenvalue weighted by Gasteiger charge is 2.26. The van der Waals surface area contributed by atoms with Gasteiger partial charge in [-0.1, -0.05) is 66.2 Å². The van der Waals surface area contributed by atoms with Gasteiger partial charge in [0.15, 0.2) is 0 Å². The Morgan fingerprint density at radius 1 is 1.00 bits per heavy atom. The fourth-order valence-corrected chi connectivity index (χ4v) is 4.55. The standard InChI is InChI=1S/C23H21ClFN3O3S/c24-21-12-7-13-22(25)20(21)16-26-27-23(29)17-28(15-14-18-8-3-1-4-9-18)32(30,31)19-10-5-2-6-11-19/h1-13,16H,14-15,17H2,(H,27,29)/b26-16+. The Morgan fingerprint density at radius 3 is 2.31 bits per heavy atom. The molecule has 0 aliphatic carbocycles. The number of hydrogen-bond donors (Lipinski definition) is 1. The number of halogens is 2. The molecule has 3 rings (SSSR count). The molecular formula is C23H21ClFN3O3S. The van der Waals surface area contributed by atoms with E-state index in [0.29, 0.717) is 6.42 Å². The molecule has 0 saturated heterocycles. The Kier molecular flexibility index (Phi) is 8.10. The number of nitrogens with one attached hydrogen (secondary N) is 1. The van der Waals surface area contributed by atoms with Gasteiger partial charge < -0.3 is 0 Å². The summed E-state index contributed by atoms with van der Waals surface area (Å²) in [6.45, 7) is -0.357. The first-order chi connectivity index (χ1) is 15.4. The summed E-state index contributed by atoms with van der Waals surface area (Å²) in [5, 5.41) is 3.86. The number of carbonyl (C=O) groups excluding carboxylic acids is 1. The van der Waals surface area contributed by atoms with Crippen LogP contribution in [0.5, 0.6) is 0 Å². The largest absolute Gasteiger partial charge is 0.272 e. The molecule has 166 valence electrons. The fourth-order valence-electron chi connectivity index (χ4n) is 2.92. The average molecular weight is 474 g/mol. The lowest BCUT2D eigenvalue weighted by molar-refractivity contribution is -0.121. The van der Waals surface area contributed by atoms with Crippen LogP contribution in [0.4, 0.5) is 4.39 Å². The van der Waals surface area contributed by atoms with Crippen molar-refractivity contribution in [2.45, 2.75) is 11.3 Å². The van der Waals surface area contributed by atoms with Crippen molar-refractivity contribution in [3.8, 4) is 0 Å². The first-order valence-corrected chi connectivity index (χ1v) is 11.5. The van der Waals surface area contributed by atoms with Crippen LogP contribution in [0.2, 0.25) is 5.02 Å². The molecule has 3 aromatic carbocycles. The quantitative estimate of drug-likeness (QED) is 0.378. The minimum absolute atomic E-state index is 0.0207. The van der Waals surface area contributed by atoms with E-state index in [1.807, 2.05) is 30.3 Å². The molecule has 0 saturated carbocycles. The maximum Gasteiger partial charge on any atom is 0.255 e. The molecule has 3 aromatic rings. The van der Waals surface area contributed by atoms with Crippen molar-refractivity contribution in [2.24, 2.45) is 5.10 Å². The molecule has 9 heteroatoms. The second kappa shape index (κ2) is 11.0. The third kappa shape index (κ3) is 6.23. The van der Waals surface area contributed by atoms with Gasteiger partial charge in [-0.2, -0.15) is 9.41 Å². The molecule has 0 fully saturated rings. The van der Waals surface area contributed by atoms with Gasteiger partial charge in [-0.3, -0.25) is 4.79 Å². The van der Waals surface area contributed by atoms with Gasteiger partial charge >= 0.3 is 0 Å². The van der Waals surface area contributed by atoms with E-state index >= 15 is 0 Å². The number of carbonyl (C=O) groups is 1. The van der Waals surface area contributed by atoms with Gasteiger partial charge in [0.05, 0.1) is 22.7 Å². The highest BCUT2D eigenvalue weighted by Crippen LogP contribution is 2.17. The molecule has 0 unspecified atom stereocenters. The van der Waals surface area contributed by atoms with E-state index in [-0.39, 0.29) is 22.0 Å². The lowest BCUT2D eigenvalue weighted by Crippen LogP contribution is -2.40. The molecule has 0 heterocycles. The summed E-state index contributed by atoms with van der Waals surface area (Å²) in [5.74, 6) is -1.26. The normalized spacial score (nSPS) is 11.7. The van der Waals surface area contributed by atoms with Gasteiger partial charge in [0.25, 0.3) is 5.91 Å². The topological polar surface area (TPSA) is 78.8 Å². The van der Waals surface area contributed by atoms with Crippen LogP contribution in [0, 0.1) is 5.82 Å². The summed E-state index contributed by atoms with van der Waals surface area (Å²) in [6.07, 6.45) is 1.50. The predicted octanol–water partition coefficient (Wildman–Crippen LogP) is 3.86. The highest BCUT2D eigenvalue weighted by atomic mass is 35.5. The van der Waals surface area contributed by atoms with Gasteiger partial charge in [-0.05, 0) is 36.2 Å². The molecule has 1 N–H and O–H groups in total. The SMILES string of the molecule is O=C(CN(CCc1ccccc1)S(=O)(=O)c1ccccc1)N/N=C/c1c(F)cccc1Cl. The molecule has 1 amide bonds. The maximum atomic E-state index is 13.8. The summed E-state index contributed by atoms with van der Waals surface area (Å²) in [7, 11) is -3.92. The number of hydrazone groups is 1. The van der Waals surface area contributed by atoms with Crippen LogP contribution in [-0.4, -0.2) is 37.9 Å². The summed E-state index contributed by atoms with van der Waals surface area (Å²) in [6, 6.07) is 21.4. The molecular weight excluding hydrogens is 453 g/mol. The number of hydrogen-bond acceptors (Lipinski definition) is 4. The molecule has 0 bridgehead atoms. The summed E-state index contributed by atoms with van der Waals surface area (Å²) in [4.78, 5) is 12.5. The predicted molar refractivity (Wildman–Crippen MR) is 122 cm³/mol. The van der Waals surface area contributed by atoms with E-state index in [4.69, 9.17) is 11.6 Å². The van der Waals surface area contributed by atoms with Gasteiger partial charge in [0, 0.05) is 12.1 Å². The Hall–Kier alpha value is -3.07. The van der Waals surface area contributed by atoms with Crippen LogP contribution in [0.3, 0.4) is 0 Å². The van der Waals surface area contributed by atoms with E-state index in [0.717, 1.165) is 16.1 Å². The molecule has 0 radical (unpaired) electrons. The Labute approximate surface area is 191 Å². The van der Waals surface area contributed by atoms with Crippen LogP contribution in [0.1, 0.15) is 11.1 Å². The number of amides is 1. The monoisotopic (exact) mass is 473 g/mol. The van der Waals surface area contributed by atoms with Gasteiger partial charge in [-0.15, -0.1) is 0 Å². The average Bonchev–Trinajstić information content (AvgIpc) is 2.79. The van der Waals surface area contributed by atoms with Gasteiger partial charge in [0.2, 0.25) is 10.0 Å². The molecule has 0 atom stereocenters. The molecule has 6 nitrogen and oxygen atoms in total. The number of nitrogens with zero attached hydrogens (tertiary/aromatic N) is 2. The van der Waals surface area contributed by atoms with Crippen molar-refractivity contribution >= 4 is 33.7 Å². The molecule has 0 spiro atoms. The zero-order chi connectivity index (χ0) is 23.0. The summed E-state index contributed by atoms with van der Waals surface area (Å²) < 4.78 is 41.1. The minimum Gasteiger partial charge on any atom is -0.272 e. The van der Waals surface area contributed by atoms with E-state index in [1.165, 1.54) is 30.3 Å². The summed E-state index contributed by atoms with van der Waals surface area (Å²) >= 11 is 5.92. The lowest BCUT2D eigenvalue weighted by atomic mass is 10.1. The van der Waals surface area contributed by atoms with E-state index in [2.05, 4.69) is 10.5 Å². The number of rotatable bonds is 9. The van der Waals surface area contributed by atoms with E-state index in [1.54, 1.807) is 18.2 Å². The van der Waals surface area contributed by atoms with Crippen molar-refractivity contribution in [1.29, 1.82) is 0 Å². The first kappa shape index (κ1) is 23.6. The number of benzene rings is 3. The molecule has 0 aromatic heterocycles. The van der Waals surface area contributed by atoms with Crippen molar-refractivity contribution < 1.29 is 17.6 Å². The zero-order valence-electron chi connectivity index (χ0n) is 17.0. The van der Waals surface area contributed by atoms with Crippen LogP contribution < -0.4 is 5.43 Å². The smallest absolute Gasteiger partial charge is 0.255 e. The second-order valence-corrected chi connectivity index (χ2v) is 9.16. The fraction of sp³-hybridized carbons (Fsp3) is 0.130. The second-order valence-electron chi connectivity index (χ2n) is 6.82. The molecule has 0 aliphatic heterocycles. The van der Waals surface area contributed by atoms with E-state index < -0.39 is 28.3 Å². The maximum absolute atomic E-state index is 13.8. The number of sulfonamides is 1. The Balaban J connectivity index is 1.74. The van der Waals surface area contributed by atoms with Crippen LogP contribution in [0.25, 0.3) is 0 Å². The third-order valence-electron chi connectivity index (χ3n) is 4.58. The Bertz CT molecular complexity index is 1170. The van der Waals surface area contributed by atoms with Crippen molar-refractivity contribution in [2.75, 3.05) is 13.1 Å². The Morgan fingerprint density at radius 2 is 1.66 bits per heavy atom. The van der Waals surface area contributed by atoms with Crippen LogP contribution >= 0.6 is 11.6 Å². The van der Waals surface area contributed by atoms with E-state index in [9.17, 15) is 17.6 Å². The van der Waals surface area contributed by atoms with Gasteiger partial charge in [-0.25, -0.2) is 18.2 Å². The first-order valence-electron chi connectivity index (χ1n) is 9.73. The van der Waals surface area contributed by atoms with Gasteiger partial charge in [0.1, 0.15) is 5.82 Å². The van der Waals surface area contributed by atoms with Crippen LogP contribution in [0.15, 0.2) is 88.9 Å². The minimum atomic E-state index is -3.92. The van der Waals surface area contributed by atoms with Crippen molar-refractivity contribution in [3.05, 3.63) is 101 Å². The molecule has 0 aliphatic rings. The zero-order valence-corrected chi connectivity index (χ0v) is 18.6. The highest BCUT2D eigenvalue weighted by molar-refractivity contribution is 7.89.